The van der Waals surface area contributed by atoms with Gasteiger partial charge in [-0.25, -0.2) is 0 Å². The molecule has 1 saturated heterocycles. The van der Waals surface area contributed by atoms with Gasteiger partial charge in [0.1, 0.15) is 6.04 Å². The van der Waals surface area contributed by atoms with E-state index in [4.69, 9.17) is 0 Å². The molecule has 0 radical (unpaired) electrons. The van der Waals surface area contributed by atoms with Crippen molar-refractivity contribution in [3.05, 3.63) is 83.4 Å². The molecular weight excluding hydrogens is 438 g/mol. The molecule has 1 aliphatic rings. The number of carbonyl (C=O) groups excluding carboxylic acids is 2. The van der Waals surface area contributed by atoms with E-state index in [-0.39, 0.29) is 24.3 Å². The molecule has 0 aromatic heterocycles. The van der Waals surface area contributed by atoms with E-state index in [0.717, 1.165) is 53.4 Å². The first-order chi connectivity index (χ1) is 17.0. The van der Waals surface area contributed by atoms with Gasteiger partial charge < -0.3 is 21.1 Å². The summed E-state index contributed by atoms with van der Waals surface area (Å²) in [5.41, 5.74) is 3.18. The highest BCUT2D eigenvalue weighted by Crippen LogP contribution is 2.18. The SMILES string of the molecule is Cc1ccc(CC(CO)NC(=O)C(Cc2ccc3ccccc3c2)NC(=O)C2CCNCC2)cc1. The molecular formula is C29H35N3O3. The molecule has 1 aliphatic heterocycles. The Bertz CT molecular complexity index is 1140. The average molecular weight is 474 g/mol. The third-order valence-electron chi connectivity index (χ3n) is 6.77. The van der Waals surface area contributed by atoms with Crippen molar-refractivity contribution in [1.82, 2.24) is 16.0 Å². The topological polar surface area (TPSA) is 90.5 Å². The van der Waals surface area contributed by atoms with Gasteiger partial charge in [-0.2, -0.15) is 0 Å². The van der Waals surface area contributed by atoms with Gasteiger partial charge in [0.15, 0.2) is 0 Å². The summed E-state index contributed by atoms with van der Waals surface area (Å²) in [4.78, 5) is 26.4. The summed E-state index contributed by atoms with van der Waals surface area (Å²) in [5.74, 6) is -0.442. The van der Waals surface area contributed by atoms with Crippen LogP contribution in [0.4, 0.5) is 0 Å². The number of aliphatic hydroxyl groups is 1. The largest absolute Gasteiger partial charge is 0.394 e. The number of aliphatic hydroxyl groups excluding tert-OH is 1. The van der Waals surface area contributed by atoms with Crippen molar-refractivity contribution in [3.63, 3.8) is 0 Å². The van der Waals surface area contributed by atoms with E-state index in [1.807, 2.05) is 61.5 Å². The molecule has 0 spiro atoms. The zero-order chi connectivity index (χ0) is 24.6. The Kier molecular flexibility index (Phi) is 8.50. The molecule has 6 heteroatoms. The van der Waals surface area contributed by atoms with Crippen molar-refractivity contribution in [1.29, 1.82) is 0 Å². The van der Waals surface area contributed by atoms with Crippen LogP contribution in [0.3, 0.4) is 0 Å². The first-order valence-electron chi connectivity index (χ1n) is 12.5. The van der Waals surface area contributed by atoms with Crippen LogP contribution < -0.4 is 16.0 Å². The van der Waals surface area contributed by atoms with Crippen LogP contribution in [0.5, 0.6) is 0 Å². The van der Waals surface area contributed by atoms with Gasteiger partial charge in [0.25, 0.3) is 0 Å². The number of aryl methyl sites for hydroxylation is 1. The number of amides is 2. The molecule has 3 aromatic rings. The van der Waals surface area contributed by atoms with Gasteiger partial charge in [-0.15, -0.1) is 0 Å². The monoisotopic (exact) mass is 473 g/mol. The molecule has 3 aromatic carbocycles. The third kappa shape index (κ3) is 6.90. The predicted octanol–water partition coefficient (Wildman–Crippen LogP) is 2.89. The summed E-state index contributed by atoms with van der Waals surface area (Å²) in [7, 11) is 0. The van der Waals surface area contributed by atoms with Gasteiger partial charge in [0, 0.05) is 12.3 Å². The first kappa shape index (κ1) is 24.9. The van der Waals surface area contributed by atoms with Gasteiger partial charge in [0.05, 0.1) is 12.6 Å². The molecule has 0 bridgehead atoms. The molecule has 0 saturated carbocycles. The van der Waals surface area contributed by atoms with Crippen LogP contribution in [-0.4, -0.2) is 48.7 Å². The predicted molar refractivity (Wildman–Crippen MR) is 139 cm³/mol. The Hall–Kier alpha value is -3.22. The number of rotatable bonds is 9. The lowest BCUT2D eigenvalue weighted by Crippen LogP contribution is -2.53. The Morgan fingerprint density at radius 1 is 0.914 bits per heavy atom. The molecule has 4 N–H and O–H groups in total. The smallest absolute Gasteiger partial charge is 0.243 e. The number of fused-ring (bicyclic) bond motifs is 1. The van der Waals surface area contributed by atoms with Crippen LogP contribution in [0.1, 0.15) is 29.5 Å². The second-order valence-electron chi connectivity index (χ2n) is 9.55. The maximum atomic E-state index is 13.4. The van der Waals surface area contributed by atoms with Gasteiger partial charge in [-0.3, -0.25) is 9.59 Å². The molecule has 0 aliphatic carbocycles. The normalized spacial score (nSPS) is 15.9. The van der Waals surface area contributed by atoms with E-state index in [0.29, 0.717) is 12.8 Å². The second-order valence-corrected chi connectivity index (χ2v) is 9.55. The Morgan fingerprint density at radius 2 is 1.60 bits per heavy atom. The van der Waals surface area contributed by atoms with Crippen LogP contribution in [-0.2, 0) is 22.4 Å². The van der Waals surface area contributed by atoms with Gasteiger partial charge in [-0.1, -0.05) is 72.3 Å². The number of piperidine rings is 1. The summed E-state index contributed by atoms with van der Waals surface area (Å²) in [6, 6.07) is 21.1. The van der Waals surface area contributed by atoms with Gasteiger partial charge in [0.2, 0.25) is 11.8 Å². The lowest BCUT2D eigenvalue weighted by atomic mass is 9.95. The molecule has 35 heavy (non-hydrogen) atoms. The maximum absolute atomic E-state index is 13.4. The van der Waals surface area contributed by atoms with Gasteiger partial charge >= 0.3 is 0 Å². The summed E-state index contributed by atoms with van der Waals surface area (Å²) < 4.78 is 0. The molecule has 4 rings (SSSR count). The Morgan fingerprint density at radius 3 is 2.31 bits per heavy atom. The standard InChI is InChI=1S/C29H35N3O3/c1-20-6-8-21(9-7-20)17-26(19-33)31-29(35)27(32-28(34)24-12-14-30-15-13-24)18-22-10-11-23-4-2-3-5-25(23)16-22/h2-11,16,24,26-27,30,33H,12-15,17-19H2,1H3,(H,31,35)(H,32,34). The molecule has 1 fully saturated rings. The van der Waals surface area contributed by atoms with E-state index >= 15 is 0 Å². The highest BCUT2D eigenvalue weighted by atomic mass is 16.3. The van der Waals surface area contributed by atoms with Crippen molar-refractivity contribution >= 4 is 22.6 Å². The van der Waals surface area contributed by atoms with E-state index in [1.165, 1.54) is 0 Å². The molecule has 2 amide bonds. The van der Waals surface area contributed by atoms with Crippen LogP contribution in [0.2, 0.25) is 0 Å². The van der Waals surface area contributed by atoms with Crippen LogP contribution in [0.15, 0.2) is 66.7 Å². The van der Waals surface area contributed by atoms with Crippen molar-refractivity contribution in [2.45, 2.75) is 44.7 Å². The quantitative estimate of drug-likeness (QED) is 0.385. The van der Waals surface area contributed by atoms with Crippen molar-refractivity contribution in [3.8, 4) is 0 Å². The fraction of sp³-hybridized carbons (Fsp3) is 0.379. The minimum Gasteiger partial charge on any atom is -0.394 e. The highest BCUT2D eigenvalue weighted by Gasteiger charge is 2.28. The molecule has 6 nitrogen and oxygen atoms in total. The zero-order valence-electron chi connectivity index (χ0n) is 20.3. The third-order valence-corrected chi connectivity index (χ3v) is 6.77. The fourth-order valence-electron chi connectivity index (χ4n) is 4.66. The molecule has 2 atom stereocenters. The van der Waals surface area contributed by atoms with Crippen LogP contribution >= 0.6 is 0 Å². The van der Waals surface area contributed by atoms with Crippen molar-refractivity contribution in [2.24, 2.45) is 5.92 Å². The van der Waals surface area contributed by atoms with Crippen LogP contribution in [0, 0.1) is 12.8 Å². The van der Waals surface area contributed by atoms with E-state index in [2.05, 4.69) is 28.1 Å². The number of nitrogens with one attached hydrogen (secondary N) is 3. The van der Waals surface area contributed by atoms with Crippen LogP contribution in [0.25, 0.3) is 10.8 Å². The fourth-order valence-corrected chi connectivity index (χ4v) is 4.66. The minimum atomic E-state index is -0.717. The number of benzene rings is 3. The van der Waals surface area contributed by atoms with E-state index < -0.39 is 12.1 Å². The summed E-state index contributed by atoms with van der Waals surface area (Å²) >= 11 is 0. The zero-order valence-corrected chi connectivity index (χ0v) is 20.3. The number of hydrogen-bond donors (Lipinski definition) is 4. The second kappa shape index (κ2) is 12.0. The Balaban J connectivity index is 1.49. The number of hydrogen-bond acceptors (Lipinski definition) is 4. The molecule has 1 heterocycles. The number of carbonyl (C=O) groups is 2. The molecule has 184 valence electrons. The Labute approximate surface area is 207 Å². The van der Waals surface area contributed by atoms with E-state index in [1.54, 1.807) is 0 Å². The first-order valence-corrected chi connectivity index (χ1v) is 12.5. The lowest BCUT2D eigenvalue weighted by Gasteiger charge is -2.26. The average Bonchev–Trinajstić information content (AvgIpc) is 2.89. The summed E-state index contributed by atoms with van der Waals surface area (Å²) in [6.45, 7) is 3.47. The lowest BCUT2D eigenvalue weighted by molar-refractivity contribution is -0.132. The molecule has 2 unspecified atom stereocenters. The van der Waals surface area contributed by atoms with Crippen molar-refractivity contribution < 1.29 is 14.7 Å². The van der Waals surface area contributed by atoms with Gasteiger partial charge in [-0.05, 0) is 61.2 Å². The summed E-state index contributed by atoms with van der Waals surface area (Å²) in [6.07, 6.45) is 2.44. The highest BCUT2D eigenvalue weighted by molar-refractivity contribution is 5.89. The van der Waals surface area contributed by atoms with E-state index in [9.17, 15) is 14.7 Å². The summed E-state index contributed by atoms with van der Waals surface area (Å²) in [5, 5.41) is 21.5. The van der Waals surface area contributed by atoms with Crippen molar-refractivity contribution in [2.75, 3.05) is 19.7 Å². The maximum Gasteiger partial charge on any atom is 0.243 e. The minimum absolute atomic E-state index is 0.0773.